The molecule has 1 fully saturated rings. The predicted molar refractivity (Wildman–Crippen MR) is 74.3 cm³/mol. The van der Waals surface area contributed by atoms with Crippen LogP contribution in [0.25, 0.3) is 0 Å². The summed E-state index contributed by atoms with van der Waals surface area (Å²) in [5, 5.41) is 3.78. The highest BCUT2D eigenvalue weighted by Gasteiger charge is 2.31. The van der Waals surface area contributed by atoms with E-state index in [9.17, 15) is 13.2 Å². The van der Waals surface area contributed by atoms with E-state index in [1.54, 1.807) is 0 Å². The van der Waals surface area contributed by atoms with E-state index in [1.165, 1.54) is 11.8 Å². The highest BCUT2D eigenvalue weighted by Crippen LogP contribution is 2.33. The van der Waals surface area contributed by atoms with Gasteiger partial charge in [0.15, 0.2) is 0 Å². The van der Waals surface area contributed by atoms with Gasteiger partial charge in [-0.2, -0.15) is 13.2 Å². The summed E-state index contributed by atoms with van der Waals surface area (Å²) in [6.45, 7) is 4.82. The normalized spacial score (nSPS) is 17.4. The molecule has 0 atom stereocenters. The first-order valence-corrected chi connectivity index (χ1v) is 7.62. The quantitative estimate of drug-likeness (QED) is 0.862. The predicted octanol–water partition coefficient (Wildman–Crippen LogP) is 2.75. The molecule has 1 N–H and O–H groups in total. The summed E-state index contributed by atoms with van der Waals surface area (Å²) < 4.78 is 37.4. The monoisotopic (exact) mass is 325 g/mol. The zero-order valence-corrected chi connectivity index (χ0v) is 12.3. The maximum absolute atomic E-state index is 12.5. The molecule has 1 aliphatic heterocycles. The Morgan fingerprint density at radius 3 is 2.65 bits per heavy atom. The molecule has 2 rings (SSSR count). The molecule has 0 unspecified atom stereocenters. The van der Waals surface area contributed by atoms with Gasteiger partial charge in [0.05, 0.1) is 10.6 Å². The lowest BCUT2D eigenvalue weighted by atomic mass is 10.3. The summed E-state index contributed by atoms with van der Waals surface area (Å²) in [6, 6.07) is 0.932. The number of piperazine rings is 1. The number of hydrogen-bond donors (Lipinski definition) is 1. The molecule has 1 aliphatic rings. The van der Waals surface area contributed by atoms with Crippen molar-refractivity contribution in [3.63, 3.8) is 0 Å². The molecule has 1 aromatic rings. The Bertz CT molecular complexity index is 450. The van der Waals surface area contributed by atoms with Gasteiger partial charge in [0.2, 0.25) is 0 Å². The van der Waals surface area contributed by atoms with Crippen LogP contribution in [0.1, 0.15) is 5.56 Å². The summed E-state index contributed by atoms with van der Waals surface area (Å²) in [5.74, 6) is 0.762. The molecule has 0 aromatic carbocycles. The van der Waals surface area contributed by atoms with E-state index >= 15 is 0 Å². The first-order valence-electron chi connectivity index (χ1n) is 6.25. The summed E-state index contributed by atoms with van der Waals surface area (Å²) >= 11 is 7.24. The van der Waals surface area contributed by atoms with Gasteiger partial charge >= 0.3 is 6.18 Å². The van der Waals surface area contributed by atoms with Crippen molar-refractivity contribution in [3.05, 3.63) is 22.8 Å². The van der Waals surface area contributed by atoms with E-state index in [2.05, 4.69) is 15.2 Å². The van der Waals surface area contributed by atoms with Crippen LogP contribution in [0.4, 0.5) is 13.2 Å². The number of hydrogen-bond acceptors (Lipinski definition) is 4. The highest BCUT2D eigenvalue weighted by atomic mass is 35.5. The van der Waals surface area contributed by atoms with Gasteiger partial charge in [-0.15, -0.1) is 11.8 Å². The van der Waals surface area contributed by atoms with Crippen LogP contribution in [0.3, 0.4) is 0 Å². The molecule has 3 nitrogen and oxygen atoms in total. The number of rotatable bonds is 4. The minimum atomic E-state index is -4.40. The minimum absolute atomic E-state index is 0.0603. The maximum Gasteiger partial charge on any atom is 0.417 e. The average molecular weight is 326 g/mol. The standard InChI is InChI=1S/C12H15ClF3N3S/c13-10-7-9(12(14,15)16)8-18-11(10)20-6-5-19-3-1-17-2-4-19/h7-8,17H,1-6H2. The molecular weight excluding hydrogens is 311 g/mol. The average Bonchev–Trinajstić information content (AvgIpc) is 2.40. The van der Waals surface area contributed by atoms with Gasteiger partial charge in [-0.25, -0.2) is 4.98 Å². The highest BCUT2D eigenvalue weighted by molar-refractivity contribution is 7.99. The van der Waals surface area contributed by atoms with Crippen molar-refractivity contribution in [2.24, 2.45) is 0 Å². The number of nitrogens with zero attached hydrogens (tertiary/aromatic N) is 2. The molecule has 0 saturated carbocycles. The van der Waals surface area contributed by atoms with Crippen molar-refractivity contribution in [3.8, 4) is 0 Å². The van der Waals surface area contributed by atoms with Crippen LogP contribution in [0.5, 0.6) is 0 Å². The van der Waals surface area contributed by atoms with Crippen LogP contribution in [0.15, 0.2) is 17.3 Å². The van der Waals surface area contributed by atoms with E-state index in [1.807, 2.05) is 0 Å². The van der Waals surface area contributed by atoms with Gasteiger partial charge in [-0.1, -0.05) is 11.6 Å². The van der Waals surface area contributed by atoms with E-state index in [-0.39, 0.29) is 5.02 Å². The van der Waals surface area contributed by atoms with Crippen LogP contribution >= 0.6 is 23.4 Å². The fourth-order valence-corrected chi connectivity index (χ4v) is 3.09. The van der Waals surface area contributed by atoms with Gasteiger partial charge in [-0.3, -0.25) is 4.90 Å². The zero-order valence-electron chi connectivity index (χ0n) is 10.7. The molecule has 0 spiro atoms. The van der Waals surface area contributed by atoms with Crippen molar-refractivity contribution in [2.45, 2.75) is 11.2 Å². The Labute approximate surface area is 124 Å². The second-order valence-electron chi connectivity index (χ2n) is 4.45. The Balaban J connectivity index is 1.86. The zero-order chi connectivity index (χ0) is 14.6. The molecule has 20 heavy (non-hydrogen) atoms. The lowest BCUT2D eigenvalue weighted by molar-refractivity contribution is -0.137. The number of pyridine rings is 1. The van der Waals surface area contributed by atoms with Crippen molar-refractivity contribution >= 4 is 23.4 Å². The second-order valence-corrected chi connectivity index (χ2v) is 5.94. The van der Waals surface area contributed by atoms with E-state index < -0.39 is 11.7 Å². The van der Waals surface area contributed by atoms with Gasteiger partial charge in [-0.05, 0) is 6.07 Å². The molecule has 8 heteroatoms. The molecule has 112 valence electrons. The number of aromatic nitrogens is 1. The minimum Gasteiger partial charge on any atom is -0.314 e. The van der Waals surface area contributed by atoms with Crippen molar-refractivity contribution in [1.29, 1.82) is 0 Å². The lowest BCUT2D eigenvalue weighted by Gasteiger charge is -2.26. The first-order chi connectivity index (χ1) is 9.47. The first kappa shape index (κ1) is 15.9. The Kier molecular flexibility index (Phi) is 5.54. The molecule has 2 heterocycles. The Hall–Kier alpha value is -0.500. The molecule has 0 amide bonds. The van der Waals surface area contributed by atoms with Gasteiger partial charge < -0.3 is 5.32 Å². The molecule has 1 aromatic heterocycles. The molecule has 0 aliphatic carbocycles. The van der Waals surface area contributed by atoms with Gasteiger partial charge in [0.25, 0.3) is 0 Å². The maximum atomic E-state index is 12.5. The molecule has 0 bridgehead atoms. The lowest BCUT2D eigenvalue weighted by Crippen LogP contribution is -2.44. The number of nitrogens with one attached hydrogen (secondary N) is 1. The fraction of sp³-hybridized carbons (Fsp3) is 0.583. The molecule has 1 saturated heterocycles. The Morgan fingerprint density at radius 2 is 2.05 bits per heavy atom. The smallest absolute Gasteiger partial charge is 0.314 e. The van der Waals surface area contributed by atoms with Crippen LogP contribution in [0, 0.1) is 0 Å². The van der Waals surface area contributed by atoms with Crippen LogP contribution in [-0.2, 0) is 6.18 Å². The van der Waals surface area contributed by atoms with Crippen molar-refractivity contribution in [1.82, 2.24) is 15.2 Å². The number of alkyl halides is 3. The summed E-state index contributed by atoms with van der Waals surface area (Å²) in [6.07, 6.45) is -3.57. The third-order valence-corrected chi connectivity index (χ3v) is 4.38. The van der Waals surface area contributed by atoms with Gasteiger partial charge in [0, 0.05) is 44.7 Å². The van der Waals surface area contributed by atoms with Gasteiger partial charge in [0.1, 0.15) is 5.03 Å². The fourth-order valence-electron chi connectivity index (χ4n) is 1.89. The molecular formula is C12H15ClF3N3S. The molecule has 0 radical (unpaired) electrons. The summed E-state index contributed by atoms with van der Waals surface area (Å²) in [5.41, 5.74) is -0.811. The van der Waals surface area contributed by atoms with Crippen molar-refractivity contribution in [2.75, 3.05) is 38.5 Å². The SMILES string of the molecule is FC(F)(F)c1cnc(SCCN2CCNCC2)c(Cl)c1. The summed E-state index contributed by atoms with van der Waals surface area (Å²) in [7, 11) is 0. The van der Waals surface area contributed by atoms with E-state index in [4.69, 9.17) is 11.6 Å². The van der Waals surface area contributed by atoms with E-state index in [0.717, 1.165) is 50.7 Å². The summed E-state index contributed by atoms with van der Waals surface area (Å²) in [4.78, 5) is 6.11. The number of thioether (sulfide) groups is 1. The van der Waals surface area contributed by atoms with Crippen LogP contribution < -0.4 is 5.32 Å². The van der Waals surface area contributed by atoms with Crippen LogP contribution in [0.2, 0.25) is 5.02 Å². The largest absolute Gasteiger partial charge is 0.417 e. The van der Waals surface area contributed by atoms with E-state index in [0.29, 0.717) is 5.03 Å². The number of halogens is 4. The van der Waals surface area contributed by atoms with Crippen molar-refractivity contribution < 1.29 is 13.2 Å². The topological polar surface area (TPSA) is 28.2 Å². The third-order valence-electron chi connectivity index (χ3n) is 2.99. The third kappa shape index (κ3) is 4.51. The second kappa shape index (κ2) is 6.98. The Morgan fingerprint density at radius 1 is 1.35 bits per heavy atom. The van der Waals surface area contributed by atoms with Crippen LogP contribution in [-0.4, -0.2) is 48.4 Å².